The van der Waals surface area contributed by atoms with Gasteiger partial charge in [0.05, 0.1) is 19.1 Å². The molecule has 23 heavy (non-hydrogen) atoms. The Hall–Kier alpha value is -2.89. The highest BCUT2D eigenvalue weighted by Gasteiger charge is 2.15. The highest BCUT2D eigenvalue weighted by Crippen LogP contribution is 2.23. The van der Waals surface area contributed by atoms with Crippen molar-refractivity contribution in [2.24, 2.45) is 0 Å². The molecule has 0 radical (unpaired) electrons. The van der Waals surface area contributed by atoms with Crippen molar-refractivity contribution < 1.29 is 23.8 Å². The SMILES string of the molecule is COc1ccc(N(C)C(=O)Cc2cccc(C(=O)O)c2)cc1F. The fourth-order valence-electron chi connectivity index (χ4n) is 2.12. The molecule has 120 valence electrons. The van der Waals surface area contributed by atoms with Crippen LogP contribution < -0.4 is 9.64 Å². The van der Waals surface area contributed by atoms with Gasteiger partial charge in [-0.2, -0.15) is 0 Å². The van der Waals surface area contributed by atoms with Crippen LogP contribution in [-0.4, -0.2) is 31.1 Å². The molecule has 0 saturated carbocycles. The maximum Gasteiger partial charge on any atom is 0.335 e. The Kier molecular flexibility index (Phi) is 4.95. The van der Waals surface area contributed by atoms with Crippen molar-refractivity contribution >= 4 is 17.6 Å². The van der Waals surface area contributed by atoms with Crippen molar-refractivity contribution in [3.05, 3.63) is 59.4 Å². The van der Waals surface area contributed by atoms with Gasteiger partial charge < -0.3 is 14.7 Å². The second kappa shape index (κ2) is 6.91. The number of rotatable bonds is 5. The number of amides is 1. The zero-order valence-corrected chi connectivity index (χ0v) is 12.7. The van der Waals surface area contributed by atoms with E-state index in [1.807, 2.05) is 0 Å². The molecule has 2 rings (SSSR count). The lowest BCUT2D eigenvalue weighted by Gasteiger charge is -2.18. The topological polar surface area (TPSA) is 66.8 Å². The predicted octanol–water partition coefficient (Wildman–Crippen LogP) is 2.74. The van der Waals surface area contributed by atoms with Crippen LogP contribution in [0.2, 0.25) is 0 Å². The van der Waals surface area contributed by atoms with E-state index in [9.17, 15) is 14.0 Å². The number of aromatic carboxylic acids is 1. The number of benzene rings is 2. The number of methoxy groups -OCH3 is 1. The number of halogens is 1. The van der Waals surface area contributed by atoms with Gasteiger partial charge in [0.2, 0.25) is 5.91 Å². The fraction of sp³-hybridized carbons (Fsp3) is 0.176. The molecule has 1 amide bonds. The Morgan fingerprint density at radius 1 is 1.22 bits per heavy atom. The fourth-order valence-corrected chi connectivity index (χ4v) is 2.12. The molecular formula is C17H16FNO4. The Labute approximate surface area is 132 Å². The maximum absolute atomic E-state index is 13.7. The highest BCUT2D eigenvalue weighted by atomic mass is 19.1. The van der Waals surface area contributed by atoms with Gasteiger partial charge in [-0.1, -0.05) is 12.1 Å². The van der Waals surface area contributed by atoms with Gasteiger partial charge in [0.1, 0.15) is 0 Å². The van der Waals surface area contributed by atoms with Crippen molar-refractivity contribution in [1.82, 2.24) is 0 Å². The number of anilines is 1. The molecule has 0 aliphatic rings. The van der Waals surface area contributed by atoms with Gasteiger partial charge >= 0.3 is 5.97 Å². The molecule has 5 nitrogen and oxygen atoms in total. The molecule has 1 N–H and O–H groups in total. The van der Waals surface area contributed by atoms with Gasteiger partial charge in [0.15, 0.2) is 11.6 Å². The van der Waals surface area contributed by atoms with Crippen LogP contribution in [0.5, 0.6) is 5.75 Å². The molecule has 0 unspecified atom stereocenters. The Morgan fingerprint density at radius 2 is 1.96 bits per heavy atom. The number of carbonyl (C=O) groups excluding carboxylic acids is 1. The number of carboxylic acids is 1. The standard InChI is InChI=1S/C17H16FNO4/c1-19(13-6-7-15(23-2)14(18)10-13)16(20)9-11-4-3-5-12(8-11)17(21)22/h3-8,10H,9H2,1-2H3,(H,21,22). The van der Waals surface area contributed by atoms with E-state index < -0.39 is 11.8 Å². The third-order valence-corrected chi connectivity index (χ3v) is 3.43. The lowest BCUT2D eigenvalue weighted by Crippen LogP contribution is -2.28. The van der Waals surface area contributed by atoms with Crippen molar-refractivity contribution in [3.8, 4) is 5.75 Å². The number of likely N-dealkylation sites (N-methyl/N-ethyl adjacent to an activating group) is 1. The summed E-state index contributed by atoms with van der Waals surface area (Å²) < 4.78 is 18.6. The first kappa shape index (κ1) is 16.5. The third kappa shape index (κ3) is 3.85. The highest BCUT2D eigenvalue weighted by molar-refractivity contribution is 5.95. The first-order valence-corrected chi connectivity index (χ1v) is 6.84. The first-order valence-electron chi connectivity index (χ1n) is 6.84. The molecule has 6 heteroatoms. The van der Waals surface area contributed by atoms with E-state index in [-0.39, 0.29) is 23.6 Å². The van der Waals surface area contributed by atoms with Crippen LogP contribution in [-0.2, 0) is 11.2 Å². The van der Waals surface area contributed by atoms with Crippen molar-refractivity contribution in [2.75, 3.05) is 19.1 Å². The van der Waals surface area contributed by atoms with Gasteiger partial charge in [0, 0.05) is 18.8 Å². The van der Waals surface area contributed by atoms with E-state index in [2.05, 4.69) is 0 Å². The lowest BCUT2D eigenvalue weighted by molar-refractivity contribution is -0.117. The van der Waals surface area contributed by atoms with E-state index in [0.717, 1.165) is 0 Å². The summed E-state index contributed by atoms with van der Waals surface area (Å²) in [4.78, 5) is 24.5. The largest absolute Gasteiger partial charge is 0.494 e. The molecule has 0 aromatic heterocycles. The van der Waals surface area contributed by atoms with Gasteiger partial charge in [-0.3, -0.25) is 4.79 Å². The Morgan fingerprint density at radius 3 is 2.57 bits per heavy atom. The molecule has 0 bridgehead atoms. The van der Waals surface area contributed by atoms with E-state index in [1.165, 1.54) is 43.3 Å². The summed E-state index contributed by atoms with van der Waals surface area (Å²) >= 11 is 0. The van der Waals surface area contributed by atoms with Gasteiger partial charge in [-0.25, -0.2) is 9.18 Å². The number of carbonyl (C=O) groups is 2. The minimum absolute atomic E-state index is 0.0191. The molecule has 0 aliphatic heterocycles. The summed E-state index contributed by atoms with van der Waals surface area (Å²) in [5, 5.41) is 8.96. The third-order valence-electron chi connectivity index (χ3n) is 3.43. The smallest absolute Gasteiger partial charge is 0.335 e. The normalized spacial score (nSPS) is 10.2. The summed E-state index contributed by atoms with van der Waals surface area (Å²) in [5.74, 6) is -1.79. The summed E-state index contributed by atoms with van der Waals surface area (Å²) in [7, 11) is 2.90. The van der Waals surface area contributed by atoms with Crippen LogP contribution in [0.25, 0.3) is 0 Å². The minimum atomic E-state index is -1.05. The number of carboxylic acid groups (broad SMARTS) is 1. The quantitative estimate of drug-likeness (QED) is 0.921. The van der Waals surface area contributed by atoms with Crippen LogP contribution in [0.4, 0.5) is 10.1 Å². The lowest BCUT2D eigenvalue weighted by atomic mass is 10.1. The first-order chi connectivity index (χ1) is 10.9. The summed E-state index contributed by atoms with van der Waals surface area (Å²) in [6, 6.07) is 10.4. The Balaban J connectivity index is 2.15. The molecule has 0 atom stereocenters. The van der Waals surface area contributed by atoms with E-state index >= 15 is 0 Å². The second-order valence-electron chi connectivity index (χ2n) is 4.95. The van der Waals surface area contributed by atoms with Crippen molar-refractivity contribution in [1.29, 1.82) is 0 Å². The molecule has 0 saturated heterocycles. The summed E-state index contributed by atoms with van der Waals surface area (Å²) in [6.45, 7) is 0. The van der Waals surface area contributed by atoms with Crippen molar-refractivity contribution in [2.45, 2.75) is 6.42 Å². The predicted molar refractivity (Wildman–Crippen MR) is 83.5 cm³/mol. The van der Waals surface area contributed by atoms with Gasteiger partial charge in [-0.05, 0) is 29.8 Å². The monoisotopic (exact) mass is 317 g/mol. The number of hydrogen-bond donors (Lipinski definition) is 1. The van der Waals surface area contributed by atoms with Crippen LogP contribution in [0.1, 0.15) is 15.9 Å². The zero-order chi connectivity index (χ0) is 17.0. The molecule has 0 fully saturated rings. The van der Waals surface area contributed by atoms with Gasteiger partial charge in [-0.15, -0.1) is 0 Å². The number of ether oxygens (including phenoxy) is 1. The molecular weight excluding hydrogens is 301 g/mol. The summed E-state index contributed by atoms with van der Waals surface area (Å²) in [6.07, 6.45) is 0.0191. The average molecular weight is 317 g/mol. The van der Waals surface area contributed by atoms with E-state index in [1.54, 1.807) is 18.2 Å². The molecule has 0 spiro atoms. The van der Waals surface area contributed by atoms with Crippen LogP contribution in [0, 0.1) is 5.82 Å². The molecule has 0 aliphatic carbocycles. The zero-order valence-electron chi connectivity index (χ0n) is 12.7. The second-order valence-corrected chi connectivity index (χ2v) is 4.95. The molecule has 2 aromatic carbocycles. The van der Waals surface area contributed by atoms with E-state index in [0.29, 0.717) is 11.3 Å². The number of hydrogen-bond acceptors (Lipinski definition) is 3. The Bertz CT molecular complexity index is 745. The van der Waals surface area contributed by atoms with Crippen LogP contribution in [0.3, 0.4) is 0 Å². The van der Waals surface area contributed by atoms with E-state index in [4.69, 9.17) is 9.84 Å². The summed E-state index contributed by atoms with van der Waals surface area (Å²) in [5.41, 5.74) is 1.09. The maximum atomic E-state index is 13.7. The van der Waals surface area contributed by atoms with Crippen LogP contribution >= 0.6 is 0 Å². The molecule has 2 aromatic rings. The van der Waals surface area contributed by atoms with Crippen LogP contribution in [0.15, 0.2) is 42.5 Å². The number of nitrogens with zero attached hydrogens (tertiary/aromatic N) is 1. The minimum Gasteiger partial charge on any atom is -0.494 e. The molecule has 0 heterocycles. The van der Waals surface area contributed by atoms with Gasteiger partial charge in [0.25, 0.3) is 0 Å². The average Bonchev–Trinajstić information content (AvgIpc) is 2.54. The van der Waals surface area contributed by atoms with Crippen molar-refractivity contribution in [3.63, 3.8) is 0 Å².